The first kappa shape index (κ1) is 9.05. The lowest BCUT2D eigenvalue weighted by Gasteiger charge is -2.27. The summed E-state index contributed by atoms with van der Waals surface area (Å²) in [4.78, 5) is 0. The highest BCUT2D eigenvalue weighted by atomic mass is 16.5. The summed E-state index contributed by atoms with van der Waals surface area (Å²) in [6.07, 6.45) is 8.06. The van der Waals surface area contributed by atoms with Crippen LogP contribution in [0.25, 0.3) is 0 Å². The third-order valence-corrected chi connectivity index (χ3v) is 2.65. The first-order chi connectivity index (χ1) is 5.27. The van der Waals surface area contributed by atoms with Gasteiger partial charge in [-0.1, -0.05) is 25.7 Å². The Labute approximate surface area is 70.1 Å². The van der Waals surface area contributed by atoms with Crippen LogP contribution in [0.2, 0.25) is 0 Å². The van der Waals surface area contributed by atoms with Crippen molar-refractivity contribution >= 4 is 0 Å². The molecule has 0 N–H and O–H groups in total. The van der Waals surface area contributed by atoms with Gasteiger partial charge in [0.25, 0.3) is 0 Å². The van der Waals surface area contributed by atoms with Crippen LogP contribution in [0.4, 0.5) is 0 Å². The molecule has 1 aliphatic rings. The molecule has 1 heteroatoms. The van der Waals surface area contributed by atoms with E-state index in [-0.39, 0.29) is 5.60 Å². The molecule has 0 heterocycles. The highest BCUT2D eigenvalue weighted by Gasteiger charge is 2.25. The molecule has 0 radical (unpaired) electrons. The molecule has 11 heavy (non-hydrogen) atoms. The van der Waals surface area contributed by atoms with E-state index in [1.54, 1.807) is 0 Å². The van der Waals surface area contributed by atoms with Crippen LogP contribution in [-0.2, 0) is 4.74 Å². The summed E-state index contributed by atoms with van der Waals surface area (Å²) in [7, 11) is 0. The fourth-order valence-electron chi connectivity index (χ4n) is 1.97. The van der Waals surface area contributed by atoms with Crippen molar-refractivity contribution in [3.05, 3.63) is 0 Å². The van der Waals surface area contributed by atoms with Crippen molar-refractivity contribution in [1.82, 2.24) is 0 Å². The zero-order valence-corrected chi connectivity index (χ0v) is 7.86. The largest absolute Gasteiger partial charge is 0.376 e. The quantitative estimate of drug-likeness (QED) is 0.558. The molecule has 0 spiro atoms. The number of rotatable bonds is 2. The summed E-state index contributed by atoms with van der Waals surface area (Å²) in [5, 5.41) is 0. The van der Waals surface area contributed by atoms with E-state index in [1.165, 1.54) is 38.5 Å². The summed E-state index contributed by atoms with van der Waals surface area (Å²) < 4.78 is 5.75. The Bertz CT molecular complexity index is 101. The normalized spacial score (nSPS) is 24.5. The summed E-state index contributed by atoms with van der Waals surface area (Å²) >= 11 is 0. The molecule has 1 aliphatic carbocycles. The van der Waals surface area contributed by atoms with Crippen molar-refractivity contribution in [2.75, 3.05) is 6.61 Å². The fraction of sp³-hybridized carbons (Fsp3) is 1.00. The second-order valence-electron chi connectivity index (χ2n) is 3.80. The Morgan fingerprint density at radius 1 is 1.09 bits per heavy atom. The van der Waals surface area contributed by atoms with Crippen molar-refractivity contribution in [2.24, 2.45) is 0 Å². The van der Waals surface area contributed by atoms with Gasteiger partial charge in [-0.25, -0.2) is 0 Å². The van der Waals surface area contributed by atoms with Crippen LogP contribution in [0.15, 0.2) is 0 Å². The van der Waals surface area contributed by atoms with Gasteiger partial charge in [-0.2, -0.15) is 0 Å². The van der Waals surface area contributed by atoms with Crippen LogP contribution >= 0.6 is 0 Å². The van der Waals surface area contributed by atoms with E-state index in [1.807, 2.05) is 0 Å². The van der Waals surface area contributed by atoms with Gasteiger partial charge >= 0.3 is 0 Å². The molecule has 1 saturated carbocycles. The Morgan fingerprint density at radius 3 is 2.09 bits per heavy atom. The van der Waals surface area contributed by atoms with Gasteiger partial charge in [0.05, 0.1) is 5.60 Å². The predicted octanol–water partition coefficient (Wildman–Crippen LogP) is 3.14. The van der Waals surface area contributed by atoms with Crippen LogP contribution in [0, 0.1) is 0 Å². The molecule has 0 atom stereocenters. The lowest BCUT2D eigenvalue weighted by atomic mass is 9.97. The molecule has 0 aliphatic heterocycles. The van der Waals surface area contributed by atoms with E-state index in [4.69, 9.17) is 4.74 Å². The Kier molecular flexibility index (Phi) is 3.38. The van der Waals surface area contributed by atoms with Gasteiger partial charge in [0.1, 0.15) is 0 Å². The van der Waals surface area contributed by atoms with Crippen molar-refractivity contribution in [3.8, 4) is 0 Å². The second-order valence-corrected chi connectivity index (χ2v) is 3.80. The second kappa shape index (κ2) is 4.10. The SMILES string of the molecule is CCOC1(C)CCCCCC1. The average molecular weight is 156 g/mol. The first-order valence-corrected chi connectivity index (χ1v) is 4.91. The Balaban J connectivity index is 2.38. The molecular weight excluding hydrogens is 136 g/mol. The molecule has 0 aromatic heterocycles. The average Bonchev–Trinajstić information content (AvgIpc) is 2.15. The molecule has 1 fully saturated rings. The Hall–Kier alpha value is -0.0400. The minimum Gasteiger partial charge on any atom is -0.376 e. The smallest absolute Gasteiger partial charge is 0.0654 e. The standard InChI is InChI=1S/C10H20O/c1-3-11-10(2)8-6-4-5-7-9-10/h3-9H2,1-2H3. The van der Waals surface area contributed by atoms with E-state index >= 15 is 0 Å². The Morgan fingerprint density at radius 2 is 1.64 bits per heavy atom. The molecule has 1 nitrogen and oxygen atoms in total. The van der Waals surface area contributed by atoms with E-state index in [0.29, 0.717) is 0 Å². The summed E-state index contributed by atoms with van der Waals surface area (Å²) in [6, 6.07) is 0. The van der Waals surface area contributed by atoms with Crippen LogP contribution in [0.1, 0.15) is 52.4 Å². The minimum absolute atomic E-state index is 0.214. The van der Waals surface area contributed by atoms with Crippen molar-refractivity contribution in [1.29, 1.82) is 0 Å². The molecule has 0 bridgehead atoms. The molecule has 1 rings (SSSR count). The summed E-state index contributed by atoms with van der Waals surface area (Å²) in [6.45, 7) is 5.23. The molecule has 0 aromatic carbocycles. The van der Waals surface area contributed by atoms with Crippen molar-refractivity contribution < 1.29 is 4.74 Å². The highest BCUT2D eigenvalue weighted by molar-refractivity contribution is 4.77. The lowest BCUT2D eigenvalue weighted by molar-refractivity contribution is -0.0354. The van der Waals surface area contributed by atoms with Crippen molar-refractivity contribution in [2.45, 2.75) is 58.0 Å². The van der Waals surface area contributed by atoms with Gasteiger partial charge < -0.3 is 4.74 Å². The zero-order valence-electron chi connectivity index (χ0n) is 7.86. The molecule has 0 amide bonds. The third kappa shape index (κ3) is 2.82. The highest BCUT2D eigenvalue weighted by Crippen LogP contribution is 2.29. The van der Waals surface area contributed by atoms with E-state index in [0.717, 1.165) is 6.61 Å². The maximum Gasteiger partial charge on any atom is 0.0654 e. The van der Waals surface area contributed by atoms with Crippen LogP contribution in [-0.4, -0.2) is 12.2 Å². The monoisotopic (exact) mass is 156 g/mol. The predicted molar refractivity (Wildman–Crippen MR) is 47.7 cm³/mol. The topological polar surface area (TPSA) is 9.23 Å². The fourth-order valence-corrected chi connectivity index (χ4v) is 1.97. The van der Waals surface area contributed by atoms with Gasteiger partial charge in [-0.05, 0) is 26.7 Å². The van der Waals surface area contributed by atoms with Gasteiger partial charge in [-0.15, -0.1) is 0 Å². The van der Waals surface area contributed by atoms with Gasteiger partial charge in [0.15, 0.2) is 0 Å². The molecule has 66 valence electrons. The van der Waals surface area contributed by atoms with Crippen LogP contribution < -0.4 is 0 Å². The molecule has 0 unspecified atom stereocenters. The summed E-state index contributed by atoms with van der Waals surface area (Å²) in [5.74, 6) is 0. The summed E-state index contributed by atoms with van der Waals surface area (Å²) in [5.41, 5.74) is 0.214. The lowest BCUT2D eigenvalue weighted by Crippen LogP contribution is -2.27. The minimum atomic E-state index is 0.214. The number of hydrogen-bond acceptors (Lipinski definition) is 1. The number of ether oxygens (including phenoxy) is 1. The maximum atomic E-state index is 5.75. The molecule has 0 saturated heterocycles. The van der Waals surface area contributed by atoms with Crippen LogP contribution in [0.5, 0.6) is 0 Å². The molecular formula is C10H20O. The van der Waals surface area contributed by atoms with Gasteiger partial charge in [0, 0.05) is 6.61 Å². The van der Waals surface area contributed by atoms with Gasteiger partial charge in [-0.3, -0.25) is 0 Å². The number of hydrogen-bond donors (Lipinski definition) is 0. The van der Waals surface area contributed by atoms with Crippen molar-refractivity contribution in [3.63, 3.8) is 0 Å². The maximum absolute atomic E-state index is 5.75. The zero-order chi connectivity index (χ0) is 8.16. The van der Waals surface area contributed by atoms with E-state index in [2.05, 4.69) is 13.8 Å². The van der Waals surface area contributed by atoms with Crippen LogP contribution in [0.3, 0.4) is 0 Å². The first-order valence-electron chi connectivity index (χ1n) is 4.91. The van der Waals surface area contributed by atoms with Gasteiger partial charge in [0.2, 0.25) is 0 Å². The molecule has 0 aromatic rings. The third-order valence-electron chi connectivity index (χ3n) is 2.65. The van der Waals surface area contributed by atoms with E-state index < -0.39 is 0 Å². The van der Waals surface area contributed by atoms with E-state index in [9.17, 15) is 0 Å².